The van der Waals surface area contributed by atoms with Crippen LogP contribution in [0.5, 0.6) is 0 Å². The van der Waals surface area contributed by atoms with Gasteiger partial charge in [0, 0.05) is 20.8 Å². The Bertz CT molecular complexity index is 717. The maximum absolute atomic E-state index is 11.5. The van der Waals surface area contributed by atoms with Gasteiger partial charge in [-0.25, -0.2) is 4.79 Å². The molecule has 12 heteroatoms. The molecule has 0 aliphatic carbocycles. The summed E-state index contributed by atoms with van der Waals surface area (Å²) in [5, 5.41) is 10.1. The summed E-state index contributed by atoms with van der Waals surface area (Å²) in [6.45, 7) is 3.10. The van der Waals surface area contributed by atoms with E-state index in [0.29, 0.717) is 0 Å². The van der Waals surface area contributed by atoms with Gasteiger partial charge in [-0.15, -0.1) is 4.90 Å². The van der Waals surface area contributed by atoms with Crippen molar-refractivity contribution in [2.24, 2.45) is 10.7 Å². The van der Waals surface area contributed by atoms with Gasteiger partial charge in [0.2, 0.25) is 6.23 Å². The Labute approximate surface area is 153 Å². The third-order valence-electron chi connectivity index (χ3n) is 3.54. The summed E-state index contributed by atoms with van der Waals surface area (Å²) in [4.78, 5) is 49.8. The number of carbonyl (C=O) groups excluding carboxylic acids is 4. The van der Waals surface area contributed by atoms with E-state index in [2.05, 4.69) is 11.3 Å². The van der Waals surface area contributed by atoms with E-state index in [1.165, 1.54) is 6.92 Å². The molecule has 0 aromatic heterocycles. The number of esters is 3. The van der Waals surface area contributed by atoms with Crippen LogP contribution in [0, 0.1) is 0 Å². The first-order valence-electron chi connectivity index (χ1n) is 7.73. The Morgan fingerprint density at radius 1 is 1.15 bits per heavy atom. The molecule has 0 saturated carbocycles. The monoisotopic (exact) mass is 384 g/mol. The second-order valence-electron chi connectivity index (χ2n) is 5.63. The van der Waals surface area contributed by atoms with E-state index in [4.69, 9.17) is 24.7 Å². The number of nitrogens with zero attached hydrogens (tertiary/aromatic N) is 2. The number of nitrogens with two attached hydrogens (primary N) is 1. The zero-order valence-corrected chi connectivity index (χ0v) is 14.7. The summed E-state index contributed by atoms with van der Waals surface area (Å²) in [5.74, 6) is -3.74. The minimum atomic E-state index is -1.28. The first-order chi connectivity index (χ1) is 12.6. The fourth-order valence-electron chi connectivity index (χ4n) is 2.56. The zero-order valence-electron chi connectivity index (χ0n) is 14.7. The average Bonchev–Trinajstić information content (AvgIpc) is 3.06. The molecular formula is C15H18N3O9+. The van der Waals surface area contributed by atoms with Crippen LogP contribution >= 0.6 is 0 Å². The maximum atomic E-state index is 11.5. The molecule has 2 aliphatic heterocycles. The molecule has 27 heavy (non-hydrogen) atoms. The summed E-state index contributed by atoms with van der Waals surface area (Å²) in [5.41, 5.74) is 4.62. The Morgan fingerprint density at radius 2 is 1.74 bits per heavy atom. The van der Waals surface area contributed by atoms with Crippen LogP contribution < -0.4 is 5.73 Å². The molecule has 4 atom stereocenters. The quantitative estimate of drug-likeness (QED) is 0.315. The molecule has 146 valence electrons. The van der Waals surface area contributed by atoms with E-state index in [-0.39, 0.29) is 6.61 Å². The lowest BCUT2D eigenvalue weighted by Gasteiger charge is -2.23. The number of carbonyl (C=O) groups is 4. The van der Waals surface area contributed by atoms with Crippen molar-refractivity contribution in [1.29, 1.82) is 0 Å². The van der Waals surface area contributed by atoms with E-state index in [1.807, 2.05) is 0 Å². The SMILES string of the molecule is CC(=O)OC[C@H]1O[C@@H](N2[C+]=NC(C(N)=O)=C2O)[C@H](OC(C)=O)[C@@H]1OC(C)=O. The molecule has 0 aromatic rings. The predicted octanol–water partition coefficient (Wildman–Crippen LogP) is -1.43. The van der Waals surface area contributed by atoms with Crippen molar-refractivity contribution in [3.8, 4) is 0 Å². The lowest BCUT2D eigenvalue weighted by atomic mass is 10.1. The average molecular weight is 384 g/mol. The Balaban J connectivity index is 2.35. The van der Waals surface area contributed by atoms with E-state index >= 15 is 0 Å². The first-order valence-corrected chi connectivity index (χ1v) is 7.73. The van der Waals surface area contributed by atoms with Gasteiger partial charge in [0.15, 0.2) is 12.2 Å². The highest BCUT2D eigenvalue weighted by atomic mass is 16.7. The topological polar surface area (TPSA) is 167 Å². The smallest absolute Gasteiger partial charge is 0.387 e. The lowest BCUT2D eigenvalue weighted by molar-refractivity contribution is -0.166. The van der Waals surface area contributed by atoms with Crippen molar-refractivity contribution >= 4 is 30.2 Å². The van der Waals surface area contributed by atoms with Crippen molar-refractivity contribution in [3.05, 3.63) is 11.6 Å². The minimum Gasteiger partial charge on any atom is -0.463 e. The van der Waals surface area contributed by atoms with Crippen LogP contribution in [0.4, 0.5) is 0 Å². The Kier molecular flexibility index (Phi) is 5.93. The highest BCUT2D eigenvalue weighted by Crippen LogP contribution is 2.32. The second kappa shape index (κ2) is 7.98. The normalized spacial score (nSPS) is 26.6. The number of amides is 1. The summed E-state index contributed by atoms with van der Waals surface area (Å²) in [6.07, 6.45) is -2.41. The van der Waals surface area contributed by atoms with Crippen LogP contribution in [0.15, 0.2) is 16.6 Å². The van der Waals surface area contributed by atoms with Gasteiger partial charge in [0.1, 0.15) is 12.7 Å². The molecule has 3 N–H and O–H groups in total. The van der Waals surface area contributed by atoms with Crippen LogP contribution in [0.25, 0.3) is 0 Å². The largest absolute Gasteiger partial charge is 0.463 e. The Hall–Kier alpha value is -3.24. The van der Waals surface area contributed by atoms with Crippen LogP contribution in [-0.4, -0.2) is 71.3 Å². The zero-order chi connectivity index (χ0) is 20.3. The van der Waals surface area contributed by atoms with Crippen molar-refractivity contribution in [2.75, 3.05) is 6.61 Å². The number of hydrogen-bond donors (Lipinski definition) is 2. The molecule has 1 fully saturated rings. The van der Waals surface area contributed by atoms with Crippen molar-refractivity contribution in [1.82, 2.24) is 4.90 Å². The standard InChI is InChI=1S/C15H17N3O9/c1-6(19)24-4-9-11(25-7(2)20)12(26-8(3)21)15(27-9)18-5-17-10(13(16)22)14(18)23/h9,11-12,15H,4H2,1-3H3,(H2-,16,22,23)/p+1/t9-,11-,12-,15-/m1/s1. The second-order valence-corrected chi connectivity index (χ2v) is 5.63. The molecule has 2 aliphatic rings. The minimum absolute atomic E-state index is 0.320. The van der Waals surface area contributed by atoms with Gasteiger partial charge in [-0.1, -0.05) is 0 Å². The molecule has 2 heterocycles. The highest BCUT2D eigenvalue weighted by Gasteiger charge is 2.57. The van der Waals surface area contributed by atoms with Crippen molar-refractivity contribution < 1.29 is 43.2 Å². The lowest BCUT2D eigenvalue weighted by Crippen LogP contribution is -2.46. The van der Waals surface area contributed by atoms with E-state index in [1.54, 1.807) is 0 Å². The molecule has 12 nitrogen and oxygen atoms in total. The summed E-state index contributed by atoms with van der Waals surface area (Å²) in [6, 6.07) is 0. The van der Waals surface area contributed by atoms with Gasteiger partial charge in [-0.05, 0) is 4.99 Å². The molecule has 0 bridgehead atoms. The van der Waals surface area contributed by atoms with Gasteiger partial charge in [-0.3, -0.25) is 14.4 Å². The molecule has 2 rings (SSSR count). The molecule has 0 aromatic carbocycles. The Morgan fingerprint density at radius 3 is 2.22 bits per heavy atom. The molecule has 0 radical (unpaired) electrons. The van der Waals surface area contributed by atoms with Crippen LogP contribution in [0.2, 0.25) is 0 Å². The number of primary amides is 1. The van der Waals surface area contributed by atoms with E-state index in [0.717, 1.165) is 18.7 Å². The van der Waals surface area contributed by atoms with Crippen LogP contribution in [0.3, 0.4) is 0 Å². The number of aliphatic hydroxyl groups is 1. The number of ether oxygens (including phenoxy) is 4. The van der Waals surface area contributed by atoms with Gasteiger partial charge in [0.25, 0.3) is 6.34 Å². The van der Waals surface area contributed by atoms with Crippen molar-refractivity contribution in [3.63, 3.8) is 0 Å². The van der Waals surface area contributed by atoms with Gasteiger partial charge >= 0.3 is 35.4 Å². The molecule has 0 unspecified atom stereocenters. The fourth-order valence-corrected chi connectivity index (χ4v) is 2.56. The fraction of sp³-hybridized carbons (Fsp3) is 0.533. The van der Waals surface area contributed by atoms with E-state index < -0.39 is 59.9 Å². The number of aliphatic hydroxyl groups excluding tert-OH is 1. The third kappa shape index (κ3) is 4.49. The summed E-state index contributed by atoms with van der Waals surface area (Å²) >= 11 is 0. The van der Waals surface area contributed by atoms with Crippen molar-refractivity contribution in [2.45, 2.75) is 45.3 Å². The first kappa shape index (κ1) is 20.1. The molecule has 0 spiro atoms. The molecule has 1 saturated heterocycles. The van der Waals surface area contributed by atoms with Crippen LogP contribution in [-0.2, 0) is 38.1 Å². The third-order valence-corrected chi connectivity index (χ3v) is 3.54. The number of hydrogen-bond acceptors (Lipinski definition) is 11. The van der Waals surface area contributed by atoms with Gasteiger partial charge < -0.3 is 29.8 Å². The highest BCUT2D eigenvalue weighted by molar-refractivity contribution is 5.95. The van der Waals surface area contributed by atoms with Gasteiger partial charge in [-0.2, -0.15) is 0 Å². The maximum Gasteiger partial charge on any atom is 0.387 e. The predicted molar refractivity (Wildman–Crippen MR) is 84.5 cm³/mol. The summed E-state index contributed by atoms with van der Waals surface area (Å²) < 4.78 is 20.9. The molecule has 1 amide bonds. The number of aliphatic imine (C=N–C) groups is 1. The molecular weight excluding hydrogens is 366 g/mol. The number of rotatable bonds is 6. The van der Waals surface area contributed by atoms with E-state index in [9.17, 15) is 24.3 Å². The van der Waals surface area contributed by atoms with Crippen LogP contribution in [0.1, 0.15) is 20.8 Å². The van der Waals surface area contributed by atoms with Gasteiger partial charge in [0.05, 0.1) is 0 Å². The summed E-state index contributed by atoms with van der Waals surface area (Å²) in [7, 11) is 0.